The lowest BCUT2D eigenvalue weighted by Crippen LogP contribution is -2.18. The maximum absolute atomic E-state index is 2.42. The van der Waals surface area contributed by atoms with Gasteiger partial charge in [0.05, 0.1) is 0 Å². The minimum Gasteiger partial charge on any atom is -0.302 e. The van der Waals surface area contributed by atoms with Gasteiger partial charge in [-0.15, -0.1) is 0 Å². The van der Waals surface area contributed by atoms with Gasteiger partial charge in [0, 0.05) is 6.54 Å². The first-order chi connectivity index (χ1) is 7.83. The molecule has 0 heterocycles. The summed E-state index contributed by atoms with van der Waals surface area (Å²) in [6.45, 7) is 4.56. The first-order valence-electron chi connectivity index (χ1n) is 6.55. The third-order valence-electron chi connectivity index (χ3n) is 2.94. The van der Waals surface area contributed by atoms with Gasteiger partial charge < -0.3 is 4.90 Å². The summed E-state index contributed by atoms with van der Waals surface area (Å²) in [5.41, 5.74) is 1.42. The Morgan fingerprint density at radius 2 is 1.62 bits per heavy atom. The molecule has 0 N–H and O–H groups in total. The van der Waals surface area contributed by atoms with E-state index in [1.54, 1.807) is 0 Å². The van der Waals surface area contributed by atoms with Crippen LogP contribution >= 0.6 is 0 Å². The summed E-state index contributed by atoms with van der Waals surface area (Å²) >= 11 is 0. The van der Waals surface area contributed by atoms with Crippen LogP contribution < -0.4 is 0 Å². The van der Waals surface area contributed by atoms with E-state index in [0.29, 0.717) is 0 Å². The summed E-state index contributed by atoms with van der Waals surface area (Å²) in [4.78, 5) is 2.42. The SMILES string of the molecule is CCCCCCCN(C)Cc1ccccc1. The maximum atomic E-state index is 2.42. The molecule has 16 heavy (non-hydrogen) atoms. The van der Waals surface area contributed by atoms with Crippen LogP contribution in [0.3, 0.4) is 0 Å². The number of rotatable bonds is 8. The van der Waals surface area contributed by atoms with E-state index < -0.39 is 0 Å². The highest BCUT2D eigenvalue weighted by molar-refractivity contribution is 5.14. The second-order valence-electron chi connectivity index (χ2n) is 4.64. The van der Waals surface area contributed by atoms with Crippen molar-refractivity contribution in [3.63, 3.8) is 0 Å². The Labute approximate surface area is 100 Å². The summed E-state index contributed by atoms with van der Waals surface area (Å²) < 4.78 is 0. The molecule has 1 heteroatoms. The van der Waals surface area contributed by atoms with Gasteiger partial charge in [0.1, 0.15) is 0 Å². The summed E-state index contributed by atoms with van der Waals surface area (Å²) in [5, 5.41) is 0. The van der Waals surface area contributed by atoms with Crippen molar-refractivity contribution in [3.8, 4) is 0 Å². The van der Waals surface area contributed by atoms with Crippen molar-refractivity contribution in [1.82, 2.24) is 4.90 Å². The fourth-order valence-electron chi connectivity index (χ4n) is 1.96. The number of benzene rings is 1. The molecule has 0 amide bonds. The zero-order valence-corrected chi connectivity index (χ0v) is 10.8. The summed E-state index contributed by atoms with van der Waals surface area (Å²) in [5.74, 6) is 0. The third kappa shape index (κ3) is 5.92. The van der Waals surface area contributed by atoms with E-state index in [0.717, 1.165) is 6.54 Å². The van der Waals surface area contributed by atoms with Crippen molar-refractivity contribution in [1.29, 1.82) is 0 Å². The second-order valence-corrected chi connectivity index (χ2v) is 4.64. The lowest BCUT2D eigenvalue weighted by Gasteiger charge is -2.16. The zero-order chi connectivity index (χ0) is 11.6. The standard InChI is InChI=1S/C15H25N/c1-3-4-5-6-10-13-16(2)14-15-11-8-7-9-12-15/h7-9,11-12H,3-6,10,13-14H2,1-2H3. The lowest BCUT2D eigenvalue weighted by molar-refractivity contribution is 0.316. The molecule has 90 valence electrons. The van der Waals surface area contributed by atoms with Gasteiger partial charge in [-0.3, -0.25) is 0 Å². The average molecular weight is 219 g/mol. The van der Waals surface area contributed by atoms with Crippen molar-refractivity contribution < 1.29 is 0 Å². The van der Waals surface area contributed by atoms with E-state index in [1.165, 1.54) is 44.2 Å². The zero-order valence-electron chi connectivity index (χ0n) is 10.8. The molecule has 0 aliphatic carbocycles. The van der Waals surface area contributed by atoms with Crippen LogP contribution in [0.5, 0.6) is 0 Å². The number of nitrogens with zero attached hydrogens (tertiary/aromatic N) is 1. The fourth-order valence-corrected chi connectivity index (χ4v) is 1.96. The van der Waals surface area contributed by atoms with E-state index in [9.17, 15) is 0 Å². The molecule has 0 fully saturated rings. The van der Waals surface area contributed by atoms with Crippen molar-refractivity contribution in [2.24, 2.45) is 0 Å². The Kier molecular flexibility index (Phi) is 6.91. The van der Waals surface area contributed by atoms with Crippen LogP contribution in [0.1, 0.15) is 44.6 Å². The van der Waals surface area contributed by atoms with Gasteiger partial charge in [-0.2, -0.15) is 0 Å². The minimum absolute atomic E-state index is 1.08. The number of hydrogen-bond donors (Lipinski definition) is 0. The Balaban J connectivity index is 2.09. The molecule has 0 atom stereocenters. The summed E-state index contributed by atoms with van der Waals surface area (Å²) in [6, 6.07) is 10.7. The average Bonchev–Trinajstić information content (AvgIpc) is 2.30. The topological polar surface area (TPSA) is 3.24 Å². The molecule has 0 aliphatic rings. The molecule has 0 unspecified atom stereocenters. The normalized spacial score (nSPS) is 10.9. The second kappa shape index (κ2) is 8.35. The Morgan fingerprint density at radius 3 is 2.31 bits per heavy atom. The molecule has 1 nitrogen and oxygen atoms in total. The third-order valence-corrected chi connectivity index (χ3v) is 2.94. The Bertz CT molecular complexity index is 255. The van der Waals surface area contributed by atoms with Crippen LogP contribution in [0, 0.1) is 0 Å². The van der Waals surface area contributed by atoms with Crippen molar-refractivity contribution in [2.75, 3.05) is 13.6 Å². The summed E-state index contributed by atoms with van der Waals surface area (Å²) in [6.07, 6.45) is 6.84. The molecule has 1 aromatic rings. The fraction of sp³-hybridized carbons (Fsp3) is 0.600. The minimum atomic E-state index is 1.08. The van der Waals surface area contributed by atoms with Gasteiger partial charge in [0.2, 0.25) is 0 Å². The molecule has 1 aromatic carbocycles. The molecule has 1 rings (SSSR count). The van der Waals surface area contributed by atoms with Gasteiger partial charge in [0.15, 0.2) is 0 Å². The van der Waals surface area contributed by atoms with Gasteiger partial charge in [-0.05, 0) is 25.6 Å². The highest BCUT2D eigenvalue weighted by Gasteiger charge is 1.99. The molecule has 0 aliphatic heterocycles. The predicted octanol–water partition coefficient (Wildman–Crippen LogP) is 4.09. The molecular formula is C15H25N. The molecule has 0 saturated carbocycles. The molecule has 0 radical (unpaired) electrons. The van der Waals surface area contributed by atoms with Crippen LogP contribution in [0.2, 0.25) is 0 Å². The maximum Gasteiger partial charge on any atom is 0.0230 e. The van der Waals surface area contributed by atoms with Gasteiger partial charge >= 0.3 is 0 Å². The van der Waals surface area contributed by atoms with E-state index in [4.69, 9.17) is 0 Å². The first kappa shape index (κ1) is 13.2. The van der Waals surface area contributed by atoms with Crippen LogP contribution in [0.4, 0.5) is 0 Å². The Hall–Kier alpha value is -0.820. The van der Waals surface area contributed by atoms with Crippen molar-refractivity contribution in [3.05, 3.63) is 35.9 Å². The van der Waals surface area contributed by atoms with Gasteiger partial charge in [-0.25, -0.2) is 0 Å². The smallest absolute Gasteiger partial charge is 0.0230 e. The molecule has 0 aromatic heterocycles. The number of unbranched alkanes of at least 4 members (excludes halogenated alkanes) is 4. The van der Waals surface area contributed by atoms with Crippen molar-refractivity contribution >= 4 is 0 Å². The monoisotopic (exact) mass is 219 g/mol. The molecule has 0 bridgehead atoms. The highest BCUT2D eigenvalue weighted by atomic mass is 15.1. The van der Waals surface area contributed by atoms with E-state index in [1.807, 2.05) is 0 Å². The van der Waals surface area contributed by atoms with Crippen LogP contribution in [0.25, 0.3) is 0 Å². The van der Waals surface area contributed by atoms with E-state index in [2.05, 4.69) is 49.2 Å². The predicted molar refractivity (Wildman–Crippen MR) is 71.5 cm³/mol. The highest BCUT2D eigenvalue weighted by Crippen LogP contribution is 2.06. The lowest BCUT2D eigenvalue weighted by atomic mass is 10.1. The van der Waals surface area contributed by atoms with Crippen LogP contribution in [-0.4, -0.2) is 18.5 Å². The number of hydrogen-bond acceptors (Lipinski definition) is 1. The quantitative estimate of drug-likeness (QED) is 0.595. The van der Waals surface area contributed by atoms with Gasteiger partial charge in [-0.1, -0.05) is 62.9 Å². The Morgan fingerprint density at radius 1 is 0.938 bits per heavy atom. The largest absolute Gasteiger partial charge is 0.302 e. The molecular weight excluding hydrogens is 194 g/mol. The van der Waals surface area contributed by atoms with Crippen molar-refractivity contribution in [2.45, 2.75) is 45.6 Å². The molecule has 0 saturated heterocycles. The summed E-state index contributed by atoms with van der Waals surface area (Å²) in [7, 11) is 2.22. The van der Waals surface area contributed by atoms with Crippen LogP contribution in [-0.2, 0) is 6.54 Å². The van der Waals surface area contributed by atoms with E-state index >= 15 is 0 Å². The molecule has 0 spiro atoms. The van der Waals surface area contributed by atoms with Gasteiger partial charge in [0.25, 0.3) is 0 Å². The van der Waals surface area contributed by atoms with Crippen LogP contribution in [0.15, 0.2) is 30.3 Å². The first-order valence-corrected chi connectivity index (χ1v) is 6.55. The van der Waals surface area contributed by atoms with E-state index in [-0.39, 0.29) is 0 Å².